The van der Waals surface area contributed by atoms with Crippen molar-refractivity contribution in [3.05, 3.63) is 70.7 Å². The highest BCUT2D eigenvalue weighted by Crippen LogP contribution is 2.22. The molecule has 0 unspecified atom stereocenters. The van der Waals surface area contributed by atoms with Crippen LogP contribution >= 0.6 is 11.3 Å². The Morgan fingerprint density at radius 3 is 3.00 bits per heavy atom. The topological polar surface area (TPSA) is 57.0 Å². The van der Waals surface area contributed by atoms with Crippen molar-refractivity contribution in [1.82, 2.24) is 14.5 Å². The molecule has 6 heteroatoms. The zero-order valence-electron chi connectivity index (χ0n) is 12.5. The van der Waals surface area contributed by atoms with Crippen LogP contribution in [-0.2, 0) is 11.3 Å². The Labute approximate surface area is 137 Å². The van der Waals surface area contributed by atoms with Crippen LogP contribution in [0.3, 0.4) is 0 Å². The van der Waals surface area contributed by atoms with Gasteiger partial charge in [-0.25, -0.2) is 14.8 Å². The van der Waals surface area contributed by atoms with E-state index in [0.29, 0.717) is 12.1 Å². The Hall–Kier alpha value is -2.73. The van der Waals surface area contributed by atoms with Gasteiger partial charge in [0.05, 0.1) is 25.5 Å². The third-order valence-electron chi connectivity index (χ3n) is 3.27. The van der Waals surface area contributed by atoms with Gasteiger partial charge < -0.3 is 9.30 Å². The summed E-state index contributed by atoms with van der Waals surface area (Å²) in [5.74, 6) is -0.342. The number of carbonyl (C=O) groups is 1. The van der Waals surface area contributed by atoms with Crippen LogP contribution in [0.25, 0.3) is 11.6 Å². The second kappa shape index (κ2) is 7.02. The van der Waals surface area contributed by atoms with Gasteiger partial charge >= 0.3 is 5.97 Å². The second-order valence-corrected chi connectivity index (χ2v) is 5.75. The first kappa shape index (κ1) is 15.2. The molecule has 0 radical (unpaired) electrons. The molecule has 3 rings (SSSR count). The number of carbonyl (C=O) groups excluding carboxylic acids is 1. The molecule has 0 bridgehead atoms. The van der Waals surface area contributed by atoms with E-state index in [1.54, 1.807) is 36.1 Å². The zero-order valence-corrected chi connectivity index (χ0v) is 13.4. The van der Waals surface area contributed by atoms with E-state index in [2.05, 4.69) is 9.97 Å². The molecule has 5 nitrogen and oxygen atoms in total. The van der Waals surface area contributed by atoms with E-state index < -0.39 is 0 Å². The van der Waals surface area contributed by atoms with Gasteiger partial charge in [-0.15, -0.1) is 11.3 Å². The predicted octanol–water partition coefficient (Wildman–Crippen LogP) is 3.37. The van der Waals surface area contributed by atoms with E-state index in [4.69, 9.17) is 4.74 Å². The number of benzene rings is 1. The van der Waals surface area contributed by atoms with E-state index in [1.807, 2.05) is 40.4 Å². The number of hydrogen-bond donors (Lipinski definition) is 0. The molecular formula is C17H15N3O2S. The molecule has 2 aromatic heterocycles. The van der Waals surface area contributed by atoms with Crippen LogP contribution in [0.4, 0.5) is 0 Å². The Kier molecular flexibility index (Phi) is 4.63. The zero-order chi connectivity index (χ0) is 16.1. The lowest BCUT2D eigenvalue weighted by atomic mass is 10.1. The highest BCUT2D eigenvalue weighted by atomic mass is 32.1. The largest absolute Gasteiger partial charge is 0.465 e. The van der Waals surface area contributed by atoms with Crippen LogP contribution in [0.2, 0.25) is 0 Å². The number of thiazole rings is 1. The molecule has 0 atom stereocenters. The average molecular weight is 325 g/mol. The van der Waals surface area contributed by atoms with Crippen molar-refractivity contribution < 1.29 is 9.53 Å². The summed E-state index contributed by atoms with van der Waals surface area (Å²) in [6.45, 7) is 0.663. The lowest BCUT2D eigenvalue weighted by Gasteiger charge is -2.07. The van der Waals surface area contributed by atoms with Crippen molar-refractivity contribution in [3.63, 3.8) is 0 Å². The van der Waals surface area contributed by atoms with Gasteiger partial charge in [-0.3, -0.25) is 0 Å². The summed E-state index contributed by atoms with van der Waals surface area (Å²) >= 11 is 1.58. The summed E-state index contributed by atoms with van der Waals surface area (Å²) in [6.07, 6.45) is 9.24. The maximum absolute atomic E-state index is 11.7. The SMILES string of the molecule is COC(=O)c1cccc(C=C(Cn2ccnc2)c2nccs2)c1. The molecule has 116 valence electrons. The molecule has 0 amide bonds. The van der Waals surface area contributed by atoms with Gasteiger partial charge in [0.1, 0.15) is 5.01 Å². The first-order valence-electron chi connectivity index (χ1n) is 7.01. The Bertz CT molecular complexity index is 808. The predicted molar refractivity (Wildman–Crippen MR) is 90.0 cm³/mol. The minimum Gasteiger partial charge on any atom is -0.465 e. The Morgan fingerprint density at radius 2 is 2.30 bits per heavy atom. The molecule has 3 aromatic rings. The van der Waals surface area contributed by atoms with Crippen molar-refractivity contribution >= 4 is 29.0 Å². The van der Waals surface area contributed by atoms with Gasteiger partial charge in [0.15, 0.2) is 0 Å². The van der Waals surface area contributed by atoms with E-state index in [0.717, 1.165) is 16.1 Å². The summed E-state index contributed by atoms with van der Waals surface area (Å²) in [6, 6.07) is 7.35. The molecule has 0 aliphatic heterocycles. The first-order chi connectivity index (χ1) is 11.3. The molecule has 0 aliphatic carbocycles. The molecule has 0 fully saturated rings. The minimum absolute atomic E-state index is 0.342. The highest BCUT2D eigenvalue weighted by Gasteiger charge is 2.08. The standard InChI is InChI=1S/C17H15N3O2S/c1-22-17(21)14-4-2-3-13(9-14)10-15(16-19-6-8-23-16)11-20-7-5-18-12-20/h2-10,12H,11H2,1H3. The van der Waals surface area contributed by atoms with Gasteiger partial charge in [-0.05, 0) is 23.8 Å². The summed E-state index contributed by atoms with van der Waals surface area (Å²) in [4.78, 5) is 20.1. The molecule has 0 saturated heterocycles. The molecule has 23 heavy (non-hydrogen) atoms. The Morgan fingerprint density at radius 1 is 1.39 bits per heavy atom. The number of ether oxygens (including phenoxy) is 1. The summed E-state index contributed by atoms with van der Waals surface area (Å²) in [5.41, 5.74) is 2.51. The van der Waals surface area contributed by atoms with Gasteiger partial charge in [0, 0.05) is 29.5 Å². The van der Waals surface area contributed by atoms with Crippen LogP contribution < -0.4 is 0 Å². The number of aromatic nitrogens is 3. The summed E-state index contributed by atoms with van der Waals surface area (Å²) in [5, 5.41) is 2.89. The van der Waals surface area contributed by atoms with Crippen molar-refractivity contribution in [2.24, 2.45) is 0 Å². The molecule has 0 N–H and O–H groups in total. The average Bonchev–Trinajstić information content (AvgIpc) is 3.27. The van der Waals surface area contributed by atoms with Gasteiger partial charge in [-0.1, -0.05) is 12.1 Å². The fourth-order valence-corrected chi connectivity index (χ4v) is 2.86. The van der Waals surface area contributed by atoms with Gasteiger partial charge in [-0.2, -0.15) is 0 Å². The van der Waals surface area contributed by atoms with Crippen LogP contribution in [0.5, 0.6) is 0 Å². The molecular weight excluding hydrogens is 310 g/mol. The van der Waals surface area contributed by atoms with Crippen molar-refractivity contribution in [3.8, 4) is 0 Å². The van der Waals surface area contributed by atoms with E-state index in [9.17, 15) is 4.79 Å². The van der Waals surface area contributed by atoms with E-state index in [-0.39, 0.29) is 5.97 Å². The molecule has 2 heterocycles. The van der Waals surface area contributed by atoms with E-state index >= 15 is 0 Å². The molecule has 0 saturated carbocycles. The number of methoxy groups -OCH3 is 1. The van der Waals surface area contributed by atoms with Gasteiger partial charge in [0.2, 0.25) is 0 Å². The highest BCUT2D eigenvalue weighted by molar-refractivity contribution is 7.10. The summed E-state index contributed by atoms with van der Waals surface area (Å²) < 4.78 is 6.75. The van der Waals surface area contributed by atoms with Crippen LogP contribution in [0, 0.1) is 0 Å². The maximum atomic E-state index is 11.7. The van der Waals surface area contributed by atoms with Crippen LogP contribution in [0.15, 0.2) is 54.6 Å². The number of allylic oxidation sites excluding steroid dienone is 1. The van der Waals surface area contributed by atoms with Gasteiger partial charge in [0.25, 0.3) is 0 Å². The first-order valence-corrected chi connectivity index (χ1v) is 7.89. The molecule has 0 spiro atoms. The number of imidazole rings is 1. The third-order valence-corrected chi connectivity index (χ3v) is 4.12. The van der Waals surface area contributed by atoms with Crippen molar-refractivity contribution in [2.75, 3.05) is 7.11 Å². The second-order valence-electron chi connectivity index (χ2n) is 4.86. The van der Waals surface area contributed by atoms with Crippen molar-refractivity contribution in [2.45, 2.75) is 6.54 Å². The lowest BCUT2D eigenvalue weighted by Crippen LogP contribution is -2.01. The van der Waals surface area contributed by atoms with E-state index in [1.165, 1.54) is 7.11 Å². The quantitative estimate of drug-likeness (QED) is 0.675. The van der Waals surface area contributed by atoms with Crippen LogP contribution in [0.1, 0.15) is 20.9 Å². The Balaban J connectivity index is 1.96. The molecule has 0 aliphatic rings. The molecule has 1 aromatic carbocycles. The monoisotopic (exact) mass is 325 g/mol. The normalized spacial score (nSPS) is 11.4. The fraction of sp³-hybridized carbons (Fsp3) is 0.118. The number of rotatable bonds is 5. The van der Waals surface area contributed by atoms with Crippen LogP contribution in [-0.4, -0.2) is 27.6 Å². The number of esters is 1. The minimum atomic E-state index is -0.342. The van der Waals surface area contributed by atoms with Crippen molar-refractivity contribution in [1.29, 1.82) is 0 Å². The maximum Gasteiger partial charge on any atom is 0.337 e. The third kappa shape index (κ3) is 3.73. The number of hydrogen-bond acceptors (Lipinski definition) is 5. The lowest BCUT2D eigenvalue weighted by molar-refractivity contribution is 0.0600. The smallest absolute Gasteiger partial charge is 0.337 e. The summed E-state index contributed by atoms with van der Waals surface area (Å²) in [7, 11) is 1.38. The fourth-order valence-electron chi connectivity index (χ4n) is 2.21. The number of nitrogens with zero attached hydrogens (tertiary/aromatic N) is 3.